The van der Waals surface area contributed by atoms with E-state index in [1.54, 1.807) is 14.0 Å². The number of halogens is 1. The molecule has 112 valence electrons. The maximum absolute atomic E-state index is 11.6. The smallest absolute Gasteiger partial charge is 0.260 e. The molecule has 0 saturated heterocycles. The van der Waals surface area contributed by atoms with Crippen LogP contribution in [0.4, 0.5) is 0 Å². The van der Waals surface area contributed by atoms with Crippen molar-refractivity contribution in [2.45, 2.75) is 39.3 Å². The molecule has 2 atom stereocenters. The zero-order chi connectivity index (χ0) is 15.1. The van der Waals surface area contributed by atoms with Gasteiger partial charge in [0, 0.05) is 23.1 Å². The quantitative estimate of drug-likeness (QED) is 0.800. The van der Waals surface area contributed by atoms with Gasteiger partial charge < -0.3 is 15.4 Å². The fourth-order valence-electron chi connectivity index (χ4n) is 1.88. The van der Waals surface area contributed by atoms with Crippen molar-refractivity contribution in [2.24, 2.45) is 0 Å². The summed E-state index contributed by atoms with van der Waals surface area (Å²) in [6.45, 7) is 6.91. The molecule has 2 N–H and O–H groups in total. The number of carbonyl (C=O) groups is 1. The Kier molecular flexibility index (Phi) is 7.02. The summed E-state index contributed by atoms with van der Waals surface area (Å²) in [5.74, 6) is 0.605. The van der Waals surface area contributed by atoms with Crippen LogP contribution in [0.15, 0.2) is 22.7 Å². The van der Waals surface area contributed by atoms with Gasteiger partial charge in [0.1, 0.15) is 5.75 Å². The molecular weight excluding hydrogens is 320 g/mol. The van der Waals surface area contributed by atoms with Gasteiger partial charge in [-0.3, -0.25) is 4.79 Å². The first kappa shape index (κ1) is 17.0. The summed E-state index contributed by atoms with van der Waals surface area (Å²) in [4.78, 5) is 11.6. The van der Waals surface area contributed by atoms with Gasteiger partial charge in [0.2, 0.25) is 0 Å². The lowest BCUT2D eigenvalue weighted by atomic mass is 10.1. The molecule has 0 aliphatic rings. The third kappa shape index (κ3) is 4.80. The third-order valence-electron chi connectivity index (χ3n) is 3.06. The number of nitrogens with one attached hydrogen (secondary N) is 2. The normalized spacial score (nSPS) is 13.7. The standard InChI is InChI=1S/C15H23BrN2O2/c1-5-8-18-10(2)13-9-12(16)6-7-14(13)20-11(3)15(19)17-4/h6-7,9-11,18H,5,8H2,1-4H3,(H,17,19). The molecule has 0 fully saturated rings. The second-order valence-corrected chi connectivity index (χ2v) is 5.65. The van der Waals surface area contributed by atoms with Gasteiger partial charge in [0.25, 0.3) is 5.91 Å². The van der Waals surface area contributed by atoms with Crippen molar-refractivity contribution in [1.82, 2.24) is 10.6 Å². The molecule has 1 rings (SSSR count). The highest BCUT2D eigenvalue weighted by Crippen LogP contribution is 2.29. The predicted octanol–water partition coefficient (Wildman–Crippen LogP) is 3.02. The predicted molar refractivity (Wildman–Crippen MR) is 85.0 cm³/mol. The number of benzene rings is 1. The SMILES string of the molecule is CCCNC(C)c1cc(Br)ccc1OC(C)C(=O)NC. The van der Waals surface area contributed by atoms with E-state index >= 15 is 0 Å². The number of carbonyl (C=O) groups excluding carboxylic acids is 1. The molecule has 20 heavy (non-hydrogen) atoms. The van der Waals surface area contributed by atoms with E-state index in [4.69, 9.17) is 4.74 Å². The molecule has 0 saturated carbocycles. The molecular formula is C15H23BrN2O2. The van der Waals surface area contributed by atoms with Crippen LogP contribution in [0.1, 0.15) is 38.8 Å². The average Bonchev–Trinajstić information content (AvgIpc) is 2.45. The molecule has 0 aliphatic carbocycles. The van der Waals surface area contributed by atoms with Gasteiger partial charge in [0.05, 0.1) is 0 Å². The highest BCUT2D eigenvalue weighted by Gasteiger charge is 2.17. The van der Waals surface area contributed by atoms with Crippen LogP contribution in [-0.2, 0) is 4.79 Å². The van der Waals surface area contributed by atoms with Crippen molar-refractivity contribution in [3.63, 3.8) is 0 Å². The molecule has 4 nitrogen and oxygen atoms in total. The molecule has 5 heteroatoms. The highest BCUT2D eigenvalue weighted by atomic mass is 79.9. The second-order valence-electron chi connectivity index (χ2n) is 4.73. The topological polar surface area (TPSA) is 50.4 Å². The Morgan fingerprint density at radius 1 is 1.40 bits per heavy atom. The number of amides is 1. The number of hydrogen-bond acceptors (Lipinski definition) is 3. The summed E-state index contributed by atoms with van der Waals surface area (Å²) in [6, 6.07) is 6.00. The Labute approximate surface area is 129 Å². The van der Waals surface area contributed by atoms with E-state index < -0.39 is 6.10 Å². The van der Waals surface area contributed by atoms with E-state index in [-0.39, 0.29) is 11.9 Å². The van der Waals surface area contributed by atoms with Crippen LogP contribution in [-0.4, -0.2) is 25.6 Å². The molecule has 0 radical (unpaired) electrons. The van der Waals surface area contributed by atoms with E-state index in [2.05, 4.69) is 40.4 Å². The summed E-state index contributed by atoms with van der Waals surface area (Å²) in [5, 5.41) is 6.02. The Bertz CT molecular complexity index is 451. The van der Waals surface area contributed by atoms with Crippen LogP contribution in [0.3, 0.4) is 0 Å². The Hall–Kier alpha value is -1.07. The summed E-state index contributed by atoms with van der Waals surface area (Å²) in [6.07, 6.45) is 0.557. The van der Waals surface area contributed by atoms with E-state index in [1.807, 2.05) is 18.2 Å². The first-order valence-corrected chi connectivity index (χ1v) is 7.70. The van der Waals surface area contributed by atoms with Crippen LogP contribution in [0, 0.1) is 0 Å². The van der Waals surface area contributed by atoms with Gasteiger partial charge in [-0.05, 0) is 45.0 Å². The molecule has 0 aromatic heterocycles. The van der Waals surface area contributed by atoms with Crippen LogP contribution in [0.25, 0.3) is 0 Å². The van der Waals surface area contributed by atoms with Crippen LogP contribution in [0.2, 0.25) is 0 Å². The van der Waals surface area contributed by atoms with Gasteiger partial charge >= 0.3 is 0 Å². The minimum absolute atomic E-state index is 0.131. The van der Waals surface area contributed by atoms with E-state index in [0.29, 0.717) is 0 Å². The molecule has 0 bridgehead atoms. The largest absolute Gasteiger partial charge is 0.481 e. The first-order chi connectivity index (χ1) is 9.49. The lowest BCUT2D eigenvalue weighted by Crippen LogP contribution is -2.34. The van der Waals surface area contributed by atoms with Crippen molar-refractivity contribution >= 4 is 21.8 Å². The van der Waals surface area contributed by atoms with Crippen molar-refractivity contribution in [3.05, 3.63) is 28.2 Å². The average molecular weight is 343 g/mol. The molecule has 1 amide bonds. The lowest BCUT2D eigenvalue weighted by molar-refractivity contribution is -0.126. The van der Waals surface area contributed by atoms with Crippen LogP contribution < -0.4 is 15.4 Å². The molecule has 2 unspecified atom stereocenters. The van der Waals surface area contributed by atoms with Crippen LogP contribution >= 0.6 is 15.9 Å². The third-order valence-corrected chi connectivity index (χ3v) is 3.55. The fourth-order valence-corrected chi connectivity index (χ4v) is 2.26. The molecule has 1 aromatic rings. The van der Waals surface area contributed by atoms with E-state index in [9.17, 15) is 4.79 Å². The Morgan fingerprint density at radius 2 is 2.10 bits per heavy atom. The zero-order valence-corrected chi connectivity index (χ0v) is 14.1. The molecule has 0 aliphatic heterocycles. The minimum Gasteiger partial charge on any atom is -0.481 e. The summed E-state index contributed by atoms with van der Waals surface area (Å²) in [5.41, 5.74) is 1.04. The number of likely N-dealkylation sites (N-methyl/N-ethyl adjacent to an activating group) is 1. The summed E-state index contributed by atoms with van der Waals surface area (Å²) in [7, 11) is 1.61. The van der Waals surface area contributed by atoms with Gasteiger partial charge in [-0.1, -0.05) is 22.9 Å². The van der Waals surface area contributed by atoms with Gasteiger partial charge in [-0.15, -0.1) is 0 Å². The van der Waals surface area contributed by atoms with E-state index in [1.165, 1.54) is 0 Å². The first-order valence-electron chi connectivity index (χ1n) is 6.90. The summed E-state index contributed by atoms with van der Waals surface area (Å²) >= 11 is 3.48. The molecule has 0 heterocycles. The van der Waals surface area contributed by atoms with Gasteiger partial charge in [-0.25, -0.2) is 0 Å². The maximum atomic E-state index is 11.6. The van der Waals surface area contributed by atoms with Crippen molar-refractivity contribution < 1.29 is 9.53 Å². The van der Waals surface area contributed by atoms with Gasteiger partial charge in [-0.2, -0.15) is 0 Å². The number of ether oxygens (including phenoxy) is 1. The Balaban J connectivity index is 2.92. The van der Waals surface area contributed by atoms with Crippen LogP contribution in [0.5, 0.6) is 5.75 Å². The van der Waals surface area contributed by atoms with Crippen molar-refractivity contribution in [2.75, 3.05) is 13.6 Å². The fraction of sp³-hybridized carbons (Fsp3) is 0.533. The number of rotatable bonds is 7. The lowest BCUT2D eigenvalue weighted by Gasteiger charge is -2.21. The summed E-state index contributed by atoms with van der Waals surface area (Å²) < 4.78 is 6.78. The molecule has 0 spiro atoms. The van der Waals surface area contributed by atoms with Crippen molar-refractivity contribution in [1.29, 1.82) is 0 Å². The number of hydrogen-bond donors (Lipinski definition) is 2. The minimum atomic E-state index is -0.515. The monoisotopic (exact) mass is 342 g/mol. The highest BCUT2D eigenvalue weighted by molar-refractivity contribution is 9.10. The zero-order valence-electron chi connectivity index (χ0n) is 12.5. The van der Waals surface area contributed by atoms with Crippen molar-refractivity contribution in [3.8, 4) is 5.75 Å². The molecule has 1 aromatic carbocycles. The maximum Gasteiger partial charge on any atom is 0.260 e. The Morgan fingerprint density at radius 3 is 2.70 bits per heavy atom. The van der Waals surface area contributed by atoms with Gasteiger partial charge in [0.15, 0.2) is 6.10 Å². The van der Waals surface area contributed by atoms with E-state index in [0.717, 1.165) is 28.8 Å². The second kappa shape index (κ2) is 8.27.